The number of nitrogens with one attached hydrogen (secondary N) is 1. The highest BCUT2D eigenvalue weighted by molar-refractivity contribution is 5.22. The Morgan fingerprint density at radius 2 is 1.78 bits per heavy atom. The van der Waals surface area contributed by atoms with Gasteiger partial charge in [0.2, 0.25) is 0 Å². The molecular formula is C15H21F2N. The Morgan fingerprint density at radius 3 is 2.44 bits per heavy atom. The van der Waals surface area contributed by atoms with Crippen molar-refractivity contribution < 1.29 is 8.78 Å². The molecule has 1 fully saturated rings. The first-order valence-corrected chi connectivity index (χ1v) is 6.88. The highest BCUT2D eigenvalue weighted by Gasteiger charge is 2.18. The Kier molecular flexibility index (Phi) is 4.70. The van der Waals surface area contributed by atoms with Crippen LogP contribution in [0.1, 0.15) is 57.1 Å². The van der Waals surface area contributed by atoms with Crippen LogP contribution in [0.25, 0.3) is 0 Å². The molecule has 0 heterocycles. The van der Waals surface area contributed by atoms with E-state index >= 15 is 0 Å². The topological polar surface area (TPSA) is 12.0 Å². The summed E-state index contributed by atoms with van der Waals surface area (Å²) in [6.45, 7) is 1.91. The second kappa shape index (κ2) is 6.28. The lowest BCUT2D eigenvalue weighted by Crippen LogP contribution is -2.31. The molecule has 0 amide bonds. The second-order valence-corrected chi connectivity index (χ2v) is 5.22. The fraction of sp³-hybridized carbons (Fsp3) is 0.600. The van der Waals surface area contributed by atoms with Crippen LogP contribution in [-0.2, 0) is 0 Å². The highest BCUT2D eigenvalue weighted by atomic mass is 19.2. The summed E-state index contributed by atoms with van der Waals surface area (Å²) in [7, 11) is 0. The van der Waals surface area contributed by atoms with E-state index < -0.39 is 11.6 Å². The van der Waals surface area contributed by atoms with Crippen molar-refractivity contribution in [2.45, 2.75) is 57.5 Å². The van der Waals surface area contributed by atoms with Gasteiger partial charge in [0.05, 0.1) is 0 Å². The van der Waals surface area contributed by atoms with Gasteiger partial charge in [-0.25, -0.2) is 8.78 Å². The fourth-order valence-electron chi connectivity index (χ4n) is 2.74. The Morgan fingerprint density at radius 1 is 1.11 bits per heavy atom. The Balaban J connectivity index is 2.02. The van der Waals surface area contributed by atoms with Crippen LogP contribution in [0.15, 0.2) is 18.2 Å². The van der Waals surface area contributed by atoms with E-state index in [9.17, 15) is 8.78 Å². The van der Waals surface area contributed by atoms with Crippen LogP contribution in [-0.4, -0.2) is 6.04 Å². The molecule has 3 heteroatoms. The van der Waals surface area contributed by atoms with Crippen LogP contribution < -0.4 is 5.32 Å². The molecule has 0 spiro atoms. The molecule has 0 radical (unpaired) electrons. The van der Waals surface area contributed by atoms with Gasteiger partial charge in [-0.15, -0.1) is 0 Å². The van der Waals surface area contributed by atoms with Crippen molar-refractivity contribution in [1.29, 1.82) is 0 Å². The van der Waals surface area contributed by atoms with Crippen LogP contribution in [0.2, 0.25) is 0 Å². The Labute approximate surface area is 108 Å². The van der Waals surface area contributed by atoms with Crippen LogP contribution in [0.5, 0.6) is 0 Å². The minimum atomic E-state index is -0.762. The van der Waals surface area contributed by atoms with Gasteiger partial charge in [-0.2, -0.15) is 0 Å². The van der Waals surface area contributed by atoms with Crippen molar-refractivity contribution >= 4 is 0 Å². The van der Waals surface area contributed by atoms with Gasteiger partial charge in [0, 0.05) is 17.6 Å². The van der Waals surface area contributed by atoms with Gasteiger partial charge in [0.25, 0.3) is 0 Å². The lowest BCUT2D eigenvalue weighted by Gasteiger charge is -2.22. The van der Waals surface area contributed by atoms with E-state index in [4.69, 9.17) is 0 Å². The normalized spacial score (nSPS) is 19.5. The minimum absolute atomic E-state index is 0.135. The smallest absolute Gasteiger partial charge is 0.163 e. The molecule has 0 aliphatic heterocycles. The second-order valence-electron chi connectivity index (χ2n) is 5.22. The number of rotatable bonds is 3. The molecule has 18 heavy (non-hydrogen) atoms. The maximum atomic E-state index is 13.7. The number of halogens is 2. The average molecular weight is 253 g/mol. The summed E-state index contributed by atoms with van der Waals surface area (Å²) in [5.41, 5.74) is 0.430. The molecule has 0 saturated heterocycles. The van der Waals surface area contributed by atoms with Crippen molar-refractivity contribution in [3.8, 4) is 0 Å². The van der Waals surface area contributed by atoms with E-state index in [0.717, 1.165) is 18.9 Å². The summed E-state index contributed by atoms with van der Waals surface area (Å²) in [6, 6.07) is 4.69. The first-order chi connectivity index (χ1) is 8.68. The fourth-order valence-corrected chi connectivity index (χ4v) is 2.74. The number of hydrogen-bond acceptors (Lipinski definition) is 1. The highest BCUT2D eigenvalue weighted by Crippen LogP contribution is 2.23. The summed E-state index contributed by atoms with van der Waals surface area (Å²) < 4.78 is 26.9. The average Bonchev–Trinajstić information content (AvgIpc) is 2.61. The van der Waals surface area contributed by atoms with Gasteiger partial charge < -0.3 is 5.32 Å². The third-order valence-electron chi connectivity index (χ3n) is 3.79. The zero-order valence-electron chi connectivity index (χ0n) is 10.9. The summed E-state index contributed by atoms with van der Waals surface area (Å²) in [6.07, 6.45) is 7.33. The molecule has 1 aliphatic carbocycles. The molecule has 1 aromatic rings. The third kappa shape index (κ3) is 3.29. The van der Waals surface area contributed by atoms with Crippen molar-refractivity contribution in [2.24, 2.45) is 0 Å². The van der Waals surface area contributed by atoms with Gasteiger partial charge in [-0.1, -0.05) is 37.8 Å². The lowest BCUT2D eigenvalue weighted by molar-refractivity contribution is 0.399. The van der Waals surface area contributed by atoms with Gasteiger partial charge in [-0.3, -0.25) is 0 Å². The zero-order chi connectivity index (χ0) is 13.0. The summed E-state index contributed by atoms with van der Waals surface area (Å²) >= 11 is 0. The lowest BCUT2D eigenvalue weighted by atomic mass is 10.0. The minimum Gasteiger partial charge on any atom is -0.307 e. The van der Waals surface area contributed by atoms with Crippen molar-refractivity contribution in [3.05, 3.63) is 35.4 Å². The molecular weight excluding hydrogens is 232 g/mol. The first-order valence-electron chi connectivity index (χ1n) is 6.88. The molecule has 100 valence electrons. The van der Waals surface area contributed by atoms with Crippen LogP contribution in [0.3, 0.4) is 0 Å². The van der Waals surface area contributed by atoms with Gasteiger partial charge in [0.15, 0.2) is 11.6 Å². The number of benzene rings is 1. The van der Waals surface area contributed by atoms with Gasteiger partial charge in [0.1, 0.15) is 0 Å². The molecule has 1 N–H and O–H groups in total. The third-order valence-corrected chi connectivity index (χ3v) is 3.79. The predicted molar refractivity (Wildman–Crippen MR) is 69.4 cm³/mol. The molecule has 2 rings (SSSR count). The largest absolute Gasteiger partial charge is 0.307 e. The van der Waals surface area contributed by atoms with E-state index in [0.29, 0.717) is 11.6 Å². The van der Waals surface area contributed by atoms with Crippen molar-refractivity contribution in [2.75, 3.05) is 0 Å². The summed E-state index contributed by atoms with van der Waals surface area (Å²) in [5.74, 6) is -1.48. The van der Waals surface area contributed by atoms with E-state index in [1.807, 2.05) is 6.92 Å². The standard InChI is InChI=1S/C15H21F2N/c1-11(13-9-6-10-14(16)15(13)17)18-12-7-4-2-3-5-8-12/h6,9-12,18H,2-5,7-8H2,1H3. The zero-order valence-corrected chi connectivity index (χ0v) is 10.9. The number of hydrogen-bond donors (Lipinski definition) is 1. The van der Waals surface area contributed by atoms with E-state index in [2.05, 4.69) is 5.32 Å². The van der Waals surface area contributed by atoms with Gasteiger partial charge in [-0.05, 0) is 25.8 Å². The van der Waals surface area contributed by atoms with Crippen molar-refractivity contribution in [1.82, 2.24) is 5.32 Å². The molecule has 1 nitrogen and oxygen atoms in total. The maximum Gasteiger partial charge on any atom is 0.163 e. The predicted octanol–water partition coefficient (Wildman–Crippen LogP) is 4.34. The van der Waals surface area contributed by atoms with E-state index in [-0.39, 0.29) is 6.04 Å². The van der Waals surface area contributed by atoms with Crippen LogP contribution >= 0.6 is 0 Å². The maximum absolute atomic E-state index is 13.7. The molecule has 0 aromatic heterocycles. The van der Waals surface area contributed by atoms with E-state index in [1.165, 1.54) is 25.7 Å². The molecule has 1 aliphatic rings. The monoisotopic (exact) mass is 253 g/mol. The van der Waals surface area contributed by atoms with E-state index in [1.54, 1.807) is 12.1 Å². The first kappa shape index (κ1) is 13.5. The molecule has 1 saturated carbocycles. The summed E-state index contributed by atoms with van der Waals surface area (Å²) in [5, 5.41) is 3.44. The molecule has 1 atom stereocenters. The summed E-state index contributed by atoms with van der Waals surface area (Å²) in [4.78, 5) is 0. The molecule has 1 unspecified atom stereocenters. The van der Waals surface area contributed by atoms with Crippen LogP contribution in [0, 0.1) is 11.6 Å². The molecule has 1 aromatic carbocycles. The Hall–Kier alpha value is -0.960. The quantitative estimate of drug-likeness (QED) is 0.790. The molecule has 0 bridgehead atoms. The SMILES string of the molecule is CC(NC1CCCCCC1)c1cccc(F)c1F. The van der Waals surface area contributed by atoms with Crippen molar-refractivity contribution in [3.63, 3.8) is 0 Å². The Bertz CT molecular complexity index is 384. The van der Waals surface area contributed by atoms with Crippen LogP contribution in [0.4, 0.5) is 8.78 Å². The van der Waals surface area contributed by atoms with Gasteiger partial charge >= 0.3 is 0 Å².